The van der Waals surface area contributed by atoms with Crippen LogP contribution in [-0.4, -0.2) is 53.2 Å². The van der Waals surface area contributed by atoms with Gasteiger partial charge in [0.15, 0.2) is 0 Å². The van der Waals surface area contributed by atoms with Crippen LogP contribution in [0.2, 0.25) is 0 Å². The molecule has 8 heteroatoms. The molecule has 7 nitrogen and oxygen atoms in total. The normalized spacial score (nSPS) is 25.5. The molecule has 0 saturated carbocycles. The zero-order chi connectivity index (χ0) is 13.3. The van der Waals surface area contributed by atoms with Gasteiger partial charge in [-0.2, -0.15) is 4.31 Å². The number of aliphatic hydroxyl groups is 2. The summed E-state index contributed by atoms with van der Waals surface area (Å²) in [4.78, 5) is 3.95. The van der Waals surface area contributed by atoms with Crippen LogP contribution in [0.4, 0.5) is 0 Å². The molecule has 2 unspecified atom stereocenters. The van der Waals surface area contributed by atoms with Crippen LogP contribution in [0.25, 0.3) is 0 Å². The van der Waals surface area contributed by atoms with E-state index in [-0.39, 0.29) is 24.5 Å². The lowest BCUT2D eigenvalue weighted by Crippen LogP contribution is -2.30. The fraction of sp³-hybridized carbons (Fsp3) is 0.500. The maximum atomic E-state index is 12.2. The Morgan fingerprint density at radius 1 is 1.33 bits per heavy atom. The molecule has 1 aromatic rings. The molecule has 0 aromatic carbocycles. The van der Waals surface area contributed by atoms with Crippen molar-refractivity contribution in [2.75, 3.05) is 13.1 Å². The van der Waals surface area contributed by atoms with Crippen molar-refractivity contribution in [1.82, 2.24) is 9.29 Å². The zero-order valence-corrected chi connectivity index (χ0v) is 10.4. The summed E-state index contributed by atoms with van der Waals surface area (Å²) in [7, 11) is -3.72. The first-order valence-corrected chi connectivity index (χ1v) is 6.90. The van der Waals surface area contributed by atoms with Crippen molar-refractivity contribution in [3.63, 3.8) is 0 Å². The van der Waals surface area contributed by atoms with E-state index >= 15 is 0 Å². The zero-order valence-electron chi connectivity index (χ0n) is 9.60. The van der Waals surface area contributed by atoms with Gasteiger partial charge in [0.05, 0.1) is 17.9 Å². The lowest BCUT2D eigenvalue weighted by molar-refractivity contribution is 0.0572. The van der Waals surface area contributed by atoms with Gasteiger partial charge >= 0.3 is 0 Å². The van der Waals surface area contributed by atoms with Crippen molar-refractivity contribution < 1.29 is 18.6 Å². The number of nitrogens with zero attached hydrogens (tertiary/aromatic N) is 2. The maximum absolute atomic E-state index is 12.2. The third-order valence-electron chi connectivity index (χ3n) is 2.87. The number of aromatic nitrogens is 1. The second-order valence-corrected chi connectivity index (χ2v) is 6.08. The van der Waals surface area contributed by atoms with Gasteiger partial charge in [-0.25, -0.2) is 8.42 Å². The second-order valence-electron chi connectivity index (χ2n) is 4.15. The van der Waals surface area contributed by atoms with Crippen molar-refractivity contribution in [2.45, 2.75) is 23.6 Å². The predicted octanol–water partition coefficient (Wildman–Crippen LogP) is -1.73. The number of hydrogen-bond acceptors (Lipinski definition) is 6. The summed E-state index contributed by atoms with van der Waals surface area (Å²) in [5, 5.41) is 18.7. The molecule has 18 heavy (non-hydrogen) atoms. The number of pyridine rings is 1. The molecule has 0 aliphatic carbocycles. The lowest BCUT2D eigenvalue weighted by atomic mass is 10.3. The van der Waals surface area contributed by atoms with E-state index < -0.39 is 22.2 Å². The summed E-state index contributed by atoms with van der Waals surface area (Å²) >= 11 is 0. The van der Waals surface area contributed by atoms with Gasteiger partial charge in [-0.05, 0) is 12.1 Å². The molecule has 4 N–H and O–H groups in total. The molecule has 1 fully saturated rings. The molecule has 1 aromatic heterocycles. The van der Waals surface area contributed by atoms with Crippen LogP contribution < -0.4 is 5.73 Å². The standard InChI is InChI=1S/C10H15N3O4S/c11-3-7-1-2-8(4-12-7)18(16,17)13-5-9(14)10(15)6-13/h1-2,4,9-10,14-15H,3,5-6,11H2. The fourth-order valence-corrected chi connectivity index (χ4v) is 3.19. The Bertz CT molecular complexity index is 506. The highest BCUT2D eigenvalue weighted by molar-refractivity contribution is 7.89. The van der Waals surface area contributed by atoms with Crippen molar-refractivity contribution in [3.05, 3.63) is 24.0 Å². The summed E-state index contributed by atoms with van der Waals surface area (Å²) in [6.45, 7) is 0.0196. The molecule has 2 atom stereocenters. The minimum atomic E-state index is -3.72. The van der Waals surface area contributed by atoms with Crippen molar-refractivity contribution in [3.8, 4) is 0 Å². The van der Waals surface area contributed by atoms with E-state index in [1.807, 2.05) is 0 Å². The molecule has 2 heterocycles. The van der Waals surface area contributed by atoms with Crippen LogP contribution >= 0.6 is 0 Å². The van der Waals surface area contributed by atoms with E-state index in [1.165, 1.54) is 18.3 Å². The number of rotatable bonds is 3. The van der Waals surface area contributed by atoms with E-state index in [9.17, 15) is 18.6 Å². The largest absolute Gasteiger partial charge is 0.389 e. The van der Waals surface area contributed by atoms with Gasteiger partial charge in [0.1, 0.15) is 4.90 Å². The quantitative estimate of drug-likeness (QED) is 0.602. The Morgan fingerprint density at radius 2 is 1.94 bits per heavy atom. The van der Waals surface area contributed by atoms with Crippen molar-refractivity contribution in [1.29, 1.82) is 0 Å². The van der Waals surface area contributed by atoms with Crippen LogP contribution in [0.3, 0.4) is 0 Å². The summed E-state index contributed by atoms with van der Waals surface area (Å²) in [6, 6.07) is 2.96. The van der Waals surface area contributed by atoms with Gasteiger partial charge in [0.2, 0.25) is 10.0 Å². The first kappa shape index (κ1) is 13.4. The van der Waals surface area contributed by atoms with Crippen LogP contribution in [0.15, 0.2) is 23.2 Å². The minimum absolute atomic E-state index is 0.0287. The topological polar surface area (TPSA) is 117 Å². The van der Waals surface area contributed by atoms with Crippen molar-refractivity contribution >= 4 is 10.0 Å². The molecule has 100 valence electrons. The van der Waals surface area contributed by atoms with E-state index in [1.54, 1.807) is 0 Å². The average Bonchev–Trinajstić information content (AvgIpc) is 2.70. The third-order valence-corrected chi connectivity index (χ3v) is 4.69. The molecule has 1 aliphatic rings. The molecule has 0 amide bonds. The molecule has 0 radical (unpaired) electrons. The highest BCUT2D eigenvalue weighted by atomic mass is 32.2. The number of hydrogen-bond donors (Lipinski definition) is 3. The van der Waals surface area contributed by atoms with E-state index in [4.69, 9.17) is 5.73 Å². The van der Waals surface area contributed by atoms with Crippen LogP contribution in [0, 0.1) is 0 Å². The van der Waals surface area contributed by atoms with Gasteiger partial charge in [-0.15, -0.1) is 0 Å². The molecule has 1 aliphatic heterocycles. The molecule has 0 spiro atoms. The highest BCUT2D eigenvalue weighted by Gasteiger charge is 2.37. The smallest absolute Gasteiger partial charge is 0.244 e. The monoisotopic (exact) mass is 273 g/mol. The molecule has 0 bridgehead atoms. The Hall–Kier alpha value is -1.06. The maximum Gasteiger partial charge on any atom is 0.244 e. The molecule has 1 saturated heterocycles. The minimum Gasteiger partial charge on any atom is -0.389 e. The number of sulfonamides is 1. The Kier molecular flexibility index (Phi) is 3.64. The summed E-state index contributed by atoms with van der Waals surface area (Å²) in [5.74, 6) is 0. The van der Waals surface area contributed by atoms with E-state index in [2.05, 4.69) is 4.98 Å². The Balaban J connectivity index is 2.25. The Labute approximate surface area is 105 Å². The average molecular weight is 273 g/mol. The molecule has 2 rings (SSSR count). The molecular formula is C10H15N3O4S. The second kappa shape index (κ2) is 4.90. The lowest BCUT2D eigenvalue weighted by Gasteiger charge is -2.15. The van der Waals surface area contributed by atoms with Gasteiger partial charge in [0.25, 0.3) is 0 Å². The summed E-state index contributed by atoms with van der Waals surface area (Å²) in [5.41, 5.74) is 5.97. The van der Waals surface area contributed by atoms with Crippen molar-refractivity contribution in [2.24, 2.45) is 5.73 Å². The first-order valence-electron chi connectivity index (χ1n) is 5.46. The van der Waals surface area contributed by atoms with Crippen LogP contribution in [-0.2, 0) is 16.6 Å². The van der Waals surface area contributed by atoms with Gasteiger partial charge in [0, 0.05) is 25.8 Å². The third kappa shape index (κ3) is 2.38. The first-order chi connectivity index (χ1) is 8.45. The van der Waals surface area contributed by atoms with Crippen LogP contribution in [0.1, 0.15) is 5.69 Å². The van der Waals surface area contributed by atoms with Crippen LogP contribution in [0.5, 0.6) is 0 Å². The molecular weight excluding hydrogens is 258 g/mol. The van der Waals surface area contributed by atoms with Gasteiger partial charge in [-0.3, -0.25) is 4.98 Å². The van der Waals surface area contributed by atoms with E-state index in [0.717, 1.165) is 4.31 Å². The number of nitrogens with two attached hydrogens (primary N) is 1. The summed E-state index contributed by atoms with van der Waals surface area (Å²) in [6.07, 6.45) is -0.860. The van der Waals surface area contributed by atoms with Gasteiger partial charge in [-0.1, -0.05) is 0 Å². The number of β-amino-alcohol motifs (C(OH)–C–C–N with tert-alkyl or cyclic N) is 2. The fourth-order valence-electron chi connectivity index (χ4n) is 1.76. The van der Waals surface area contributed by atoms with E-state index in [0.29, 0.717) is 5.69 Å². The SMILES string of the molecule is NCc1ccc(S(=O)(=O)N2CC(O)C(O)C2)cn1. The summed E-state index contributed by atoms with van der Waals surface area (Å²) < 4.78 is 25.4. The number of aliphatic hydroxyl groups excluding tert-OH is 2. The predicted molar refractivity (Wildman–Crippen MR) is 62.9 cm³/mol. The van der Waals surface area contributed by atoms with Gasteiger partial charge < -0.3 is 15.9 Å². The highest BCUT2D eigenvalue weighted by Crippen LogP contribution is 2.20. The Morgan fingerprint density at radius 3 is 2.39 bits per heavy atom.